The molecule has 0 unspecified atom stereocenters. The number of carbonyl (C=O) groups is 2. The number of nitrogens with zero attached hydrogens (tertiary/aromatic N) is 4. The number of carbonyl (C=O) groups excluding carboxylic acids is 2. The Bertz CT molecular complexity index is 875. The third-order valence-corrected chi connectivity index (χ3v) is 5.61. The van der Waals surface area contributed by atoms with Gasteiger partial charge in [-0.25, -0.2) is 14.8 Å². The van der Waals surface area contributed by atoms with E-state index in [4.69, 9.17) is 15.2 Å². The van der Waals surface area contributed by atoms with Gasteiger partial charge in [-0.2, -0.15) is 0 Å². The number of nitrogens with two attached hydrogens (primary N) is 1. The highest BCUT2D eigenvalue weighted by Gasteiger charge is 2.21. The van der Waals surface area contributed by atoms with Crippen LogP contribution < -0.4 is 10.5 Å². The Balaban J connectivity index is 1.38. The van der Waals surface area contributed by atoms with Gasteiger partial charge in [0.05, 0.1) is 12.4 Å². The summed E-state index contributed by atoms with van der Waals surface area (Å²) in [5.74, 6) is 0.609. The van der Waals surface area contributed by atoms with Gasteiger partial charge in [-0.05, 0) is 19.1 Å². The van der Waals surface area contributed by atoms with Crippen molar-refractivity contribution in [2.45, 2.75) is 12.1 Å². The number of rotatable bonds is 9. The molecule has 0 bridgehead atoms. The van der Waals surface area contributed by atoms with Gasteiger partial charge in [0.1, 0.15) is 23.7 Å². The monoisotopic (exact) mass is 445 g/mol. The number of piperazine rings is 1. The molecule has 1 aromatic heterocycles. The van der Waals surface area contributed by atoms with Gasteiger partial charge in [0.25, 0.3) is 0 Å². The van der Waals surface area contributed by atoms with Crippen molar-refractivity contribution in [1.82, 2.24) is 19.8 Å². The van der Waals surface area contributed by atoms with E-state index in [-0.39, 0.29) is 29.6 Å². The predicted octanol–water partition coefficient (Wildman–Crippen LogP) is 1.55. The number of hydrogen-bond acceptors (Lipinski definition) is 9. The minimum Gasteiger partial charge on any atom is -0.492 e. The van der Waals surface area contributed by atoms with Crippen LogP contribution in [0.4, 0.5) is 5.82 Å². The topological polar surface area (TPSA) is 111 Å². The molecule has 1 aliphatic heterocycles. The molecule has 0 aliphatic carbocycles. The summed E-state index contributed by atoms with van der Waals surface area (Å²) in [6.07, 6.45) is 1.34. The molecule has 0 spiro atoms. The Morgan fingerprint density at radius 2 is 1.90 bits per heavy atom. The molecule has 2 heterocycles. The molecule has 31 heavy (non-hydrogen) atoms. The molecule has 1 saturated heterocycles. The van der Waals surface area contributed by atoms with E-state index in [1.54, 1.807) is 6.92 Å². The van der Waals surface area contributed by atoms with E-state index < -0.39 is 5.97 Å². The van der Waals surface area contributed by atoms with Crippen LogP contribution in [0, 0.1) is 0 Å². The molecule has 0 saturated carbocycles. The first-order valence-electron chi connectivity index (χ1n) is 10.2. The zero-order valence-corrected chi connectivity index (χ0v) is 18.3. The third-order valence-electron chi connectivity index (χ3n) is 4.76. The Morgan fingerprint density at radius 3 is 2.58 bits per heavy atom. The third kappa shape index (κ3) is 6.83. The lowest BCUT2D eigenvalue weighted by atomic mass is 10.3. The standard InChI is InChI=1S/C21H27N5O4S/c1-2-29-20(28)17-14-23-21(24-19(17)22)31-15-18(27)26-10-8-25(9-11-26)12-13-30-16-6-4-3-5-7-16/h3-7,14H,2,8-13,15H2,1H3,(H2,22,23,24). The first-order chi connectivity index (χ1) is 15.1. The van der Waals surface area contributed by atoms with Gasteiger partial charge in [-0.1, -0.05) is 30.0 Å². The number of para-hydroxylation sites is 1. The lowest BCUT2D eigenvalue weighted by Crippen LogP contribution is -2.50. The normalized spacial score (nSPS) is 14.3. The van der Waals surface area contributed by atoms with Crippen molar-refractivity contribution in [2.24, 2.45) is 0 Å². The van der Waals surface area contributed by atoms with Crippen LogP contribution in [-0.4, -0.2) is 83.3 Å². The molecule has 2 N–H and O–H groups in total. The van der Waals surface area contributed by atoms with Crippen molar-refractivity contribution in [3.63, 3.8) is 0 Å². The quantitative estimate of drug-likeness (QED) is 0.349. The Kier molecular flexibility index (Phi) is 8.48. The van der Waals surface area contributed by atoms with E-state index in [2.05, 4.69) is 14.9 Å². The van der Waals surface area contributed by atoms with E-state index in [0.29, 0.717) is 24.9 Å². The number of aromatic nitrogens is 2. The molecule has 166 valence electrons. The second-order valence-corrected chi connectivity index (χ2v) is 7.79. The number of ether oxygens (including phenoxy) is 2. The summed E-state index contributed by atoms with van der Waals surface area (Å²) in [5.41, 5.74) is 5.95. The molecule has 9 nitrogen and oxygen atoms in total. The highest BCUT2D eigenvalue weighted by atomic mass is 32.2. The molecule has 1 aliphatic rings. The number of anilines is 1. The second-order valence-electron chi connectivity index (χ2n) is 6.84. The molecule has 1 aromatic carbocycles. The number of hydrogen-bond donors (Lipinski definition) is 1. The number of benzene rings is 1. The fraction of sp³-hybridized carbons (Fsp3) is 0.429. The largest absolute Gasteiger partial charge is 0.492 e. The van der Waals surface area contributed by atoms with Crippen LogP contribution in [0.25, 0.3) is 0 Å². The van der Waals surface area contributed by atoms with Crippen LogP contribution in [0.3, 0.4) is 0 Å². The maximum atomic E-state index is 12.5. The van der Waals surface area contributed by atoms with E-state index in [9.17, 15) is 9.59 Å². The summed E-state index contributed by atoms with van der Waals surface area (Å²) in [6.45, 7) is 6.38. The maximum Gasteiger partial charge on any atom is 0.343 e. The van der Waals surface area contributed by atoms with Gasteiger partial charge in [0, 0.05) is 38.9 Å². The van der Waals surface area contributed by atoms with Crippen LogP contribution in [-0.2, 0) is 9.53 Å². The lowest BCUT2D eigenvalue weighted by Gasteiger charge is -2.34. The molecular formula is C21H27N5O4S. The van der Waals surface area contributed by atoms with Gasteiger partial charge in [0.2, 0.25) is 5.91 Å². The fourth-order valence-electron chi connectivity index (χ4n) is 3.06. The van der Waals surface area contributed by atoms with Crippen LogP contribution in [0.2, 0.25) is 0 Å². The zero-order valence-electron chi connectivity index (χ0n) is 17.5. The van der Waals surface area contributed by atoms with Crippen molar-refractivity contribution in [1.29, 1.82) is 0 Å². The molecule has 1 fully saturated rings. The summed E-state index contributed by atoms with van der Waals surface area (Å²) in [7, 11) is 0. The first-order valence-corrected chi connectivity index (χ1v) is 11.2. The molecular weight excluding hydrogens is 418 g/mol. The summed E-state index contributed by atoms with van der Waals surface area (Å²) in [4.78, 5) is 36.6. The Labute approximate surface area is 185 Å². The number of nitrogen functional groups attached to an aromatic ring is 1. The molecule has 10 heteroatoms. The van der Waals surface area contributed by atoms with Crippen molar-refractivity contribution in [3.8, 4) is 5.75 Å². The first kappa shape index (κ1) is 22.8. The molecule has 0 atom stereocenters. The van der Waals surface area contributed by atoms with Gasteiger partial charge in [-0.15, -0.1) is 0 Å². The van der Waals surface area contributed by atoms with E-state index in [0.717, 1.165) is 25.4 Å². The Morgan fingerprint density at radius 1 is 1.16 bits per heavy atom. The summed E-state index contributed by atoms with van der Waals surface area (Å²) < 4.78 is 10.6. The minimum absolute atomic E-state index is 0.0295. The second kappa shape index (κ2) is 11.5. The van der Waals surface area contributed by atoms with Crippen molar-refractivity contribution < 1.29 is 19.1 Å². The maximum absolute atomic E-state index is 12.5. The van der Waals surface area contributed by atoms with Crippen LogP contribution >= 0.6 is 11.8 Å². The predicted molar refractivity (Wildman–Crippen MR) is 118 cm³/mol. The van der Waals surface area contributed by atoms with Gasteiger partial charge >= 0.3 is 5.97 Å². The van der Waals surface area contributed by atoms with E-state index >= 15 is 0 Å². The minimum atomic E-state index is -0.556. The summed E-state index contributed by atoms with van der Waals surface area (Å²) >= 11 is 1.20. The highest BCUT2D eigenvalue weighted by molar-refractivity contribution is 7.99. The van der Waals surface area contributed by atoms with E-state index in [1.807, 2.05) is 35.2 Å². The highest BCUT2D eigenvalue weighted by Crippen LogP contribution is 2.18. The SMILES string of the molecule is CCOC(=O)c1cnc(SCC(=O)N2CCN(CCOc3ccccc3)CC2)nc1N. The zero-order chi connectivity index (χ0) is 22.1. The van der Waals surface area contributed by atoms with Crippen molar-refractivity contribution in [3.05, 3.63) is 42.1 Å². The van der Waals surface area contributed by atoms with Crippen molar-refractivity contribution >= 4 is 29.5 Å². The van der Waals surface area contributed by atoms with Crippen LogP contribution in [0.15, 0.2) is 41.7 Å². The summed E-state index contributed by atoms with van der Waals surface area (Å²) in [5, 5.41) is 0.357. The number of amides is 1. The molecule has 3 rings (SSSR count). The average Bonchev–Trinajstić information content (AvgIpc) is 2.79. The molecule has 0 radical (unpaired) electrons. The van der Waals surface area contributed by atoms with Crippen LogP contribution in [0.5, 0.6) is 5.75 Å². The number of esters is 1. The van der Waals surface area contributed by atoms with Crippen LogP contribution in [0.1, 0.15) is 17.3 Å². The molecule has 1 amide bonds. The smallest absolute Gasteiger partial charge is 0.343 e. The van der Waals surface area contributed by atoms with E-state index in [1.165, 1.54) is 18.0 Å². The van der Waals surface area contributed by atoms with Gasteiger partial charge in [-0.3, -0.25) is 9.69 Å². The van der Waals surface area contributed by atoms with Gasteiger partial charge in [0.15, 0.2) is 5.16 Å². The average molecular weight is 446 g/mol. The number of thioether (sulfide) groups is 1. The van der Waals surface area contributed by atoms with Gasteiger partial charge < -0.3 is 20.1 Å². The fourth-order valence-corrected chi connectivity index (χ4v) is 3.79. The van der Waals surface area contributed by atoms with Crippen molar-refractivity contribution in [2.75, 3.05) is 57.4 Å². The summed E-state index contributed by atoms with van der Waals surface area (Å²) in [6, 6.07) is 9.74. The molecule has 2 aromatic rings. The lowest BCUT2D eigenvalue weighted by molar-refractivity contribution is -0.130. The Hall–Kier alpha value is -2.85.